The van der Waals surface area contributed by atoms with Crippen molar-refractivity contribution in [2.75, 3.05) is 18.9 Å². The molecule has 0 saturated heterocycles. The maximum absolute atomic E-state index is 14.5. The van der Waals surface area contributed by atoms with E-state index in [9.17, 15) is 14.0 Å². The van der Waals surface area contributed by atoms with E-state index in [0.717, 1.165) is 4.47 Å². The van der Waals surface area contributed by atoms with Crippen molar-refractivity contribution in [3.8, 4) is 0 Å². The average Bonchev–Trinajstić information content (AvgIpc) is 2.61. The van der Waals surface area contributed by atoms with Crippen LogP contribution in [-0.2, 0) is 10.3 Å². The number of pyridine rings is 1. The number of halogens is 3. The van der Waals surface area contributed by atoms with Gasteiger partial charge >= 0.3 is 0 Å². The minimum Gasteiger partial charge on any atom is -0.379 e. The number of hydrogen-bond donors (Lipinski definition) is 2. The Kier molecular flexibility index (Phi) is 6.41. The van der Waals surface area contributed by atoms with Gasteiger partial charge in [-0.25, -0.2) is 9.37 Å². The molecule has 2 aromatic rings. The van der Waals surface area contributed by atoms with Crippen molar-refractivity contribution in [3.63, 3.8) is 0 Å². The summed E-state index contributed by atoms with van der Waals surface area (Å²) in [6.07, 6.45) is 1.51. The molecule has 2 amide bonds. The molecule has 7 nitrogen and oxygen atoms in total. The maximum atomic E-state index is 14.5. The first kappa shape index (κ1) is 21.8. The number of amidine groups is 1. The van der Waals surface area contributed by atoms with Crippen LogP contribution in [0.1, 0.15) is 23.0 Å². The Labute approximate surface area is 175 Å². The van der Waals surface area contributed by atoms with Crippen molar-refractivity contribution >= 4 is 51.7 Å². The molecule has 3 N–H and O–H groups in total. The Hall–Kier alpha value is -2.52. The van der Waals surface area contributed by atoms with E-state index in [-0.39, 0.29) is 36.0 Å². The minimum absolute atomic E-state index is 0. The number of likely N-dealkylation sites (N-methyl/N-ethyl adjacent to an activating group) is 1. The second-order valence-corrected chi connectivity index (χ2v) is 7.36. The predicted octanol–water partition coefficient (Wildman–Crippen LogP) is 2.70. The highest BCUT2D eigenvalue weighted by Gasteiger charge is 2.37. The van der Waals surface area contributed by atoms with E-state index in [1.54, 1.807) is 26.1 Å². The van der Waals surface area contributed by atoms with Gasteiger partial charge in [0, 0.05) is 29.0 Å². The molecule has 0 spiro atoms. The van der Waals surface area contributed by atoms with Crippen molar-refractivity contribution < 1.29 is 14.0 Å². The third-order valence-corrected chi connectivity index (χ3v) is 4.71. The molecule has 2 heterocycles. The summed E-state index contributed by atoms with van der Waals surface area (Å²) in [6.45, 7) is 1.85. The Bertz CT molecular complexity index is 953. The van der Waals surface area contributed by atoms with E-state index in [4.69, 9.17) is 5.73 Å². The van der Waals surface area contributed by atoms with E-state index in [0.29, 0.717) is 5.69 Å². The topological polar surface area (TPSA) is 101 Å². The lowest BCUT2D eigenvalue weighted by atomic mass is 9.89. The summed E-state index contributed by atoms with van der Waals surface area (Å²) < 4.78 is 15.3. The van der Waals surface area contributed by atoms with Gasteiger partial charge in [0.2, 0.25) is 0 Å². The Balaban J connectivity index is 0.00000280. The summed E-state index contributed by atoms with van der Waals surface area (Å²) in [4.78, 5) is 33.8. The van der Waals surface area contributed by atoms with Gasteiger partial charge in [0.1, 0.15) is 17.1 Å². The van der Waals surface area contributed by atoms with Gasteiger partial charge in [-0.3, -0.25) is 14.6 Å². The van der Waals surface area contributed by atoms with Crippen molar-refractivity contribution in [3.05, 3.63) is 58.1 Å². The molecule has 10 heteroatoms. The smallest absolute Gasteiger partial charge is 0.288 e. The van der Waals surface area contributed by atoms with Crippen LogP contribution >= 0.6 is 28.3 Å². The summed E-state index contributed by atoms with van der Waals surface area (Å²) in [7, 11) is 1.57. The van der Waals surface area contributed by atoms with Crippen LogP contribution in [0.25, 0.3) is 0 Å². The van der Waals surface area contributed by atoms with E-state index in [1.165, 1.54) is 29.3 Å². The number of carbonyl (C=O) groups is 2. The number of benzene rings is 1. The van der Waals surface area contributed by atoms with Crippen LogP contribution in [-0.4, -0.2) is 41.1 Å². The minimum atomic E-state index is -1.06. The zero-order chi connectivity index (χ0) is 19.8. The van der Waals surface area contributed by atoms with Gasteiger partial charge in [0.05, 0.1) is 6.54 Å². The van der Waals surface area contributed by atoms with Gasteiger partial charge in [0.25, 0.3) is 11.8 Å². The van der Waals surface area contributed by atoms with E-state index in [1.807, 2.05) is 0 Å². The molecule has 28 heavy (non-hydrogen) atoms. The number of amides is 2. The number of nitrogens with zero attached hydrogens (tertiary/aromatic N) is 3. The standard InChI is InChI=1S/C18H17BrFN5O2.ClH/c1-18(9-25(2)17(27)15(21)24-18)12-7-11(4-5-13(12)20)23-16(26)14-6-3-10(19)8-22-14;/h3-8H,9H2,1-2H3,(H2,21,24)(H,23,26);1H. The number of nitrogens with two attached hydrogens (primary N) is 1. The third kappa shape index (κ3) is 4.31. The van der Waals surface area contributed by atoms with Gasteiger partial charge in [-0.2, -0.15) is 0 Å². The molecule has 0 radical (unpaired) electrons. The lowest BCUT2D eigenvalue weighted by molar-refractivity contribution is -0.124. The summed E-state index contributed by atoms with van der Waals surface area (Å²) in [6, 6.07) is 7.45. The molecule has 0 aliphatic carbocycles. The summed E-state index contributed by atoms with van der Waals surface area (Å²) >= 11 is 3.26. The van der Waals surface area contributed by atoms with Crippen molar-refractivity contribution in [2.45, 2.75) is 12.5 Å². The molecule has 1 aliphatic heterocycles. The van der Waals surface area contributed by atoms with E-state index < -0.39 is 23.2 Å². The van der Waals surface area contributed by atoms with Gasteiger partial charge in [-0.1, -0.05) is 0 Å². The van der Waals surface area contributed by atoms with Crippen molar-refractivity contribution in [1.29, 1.82) is 0 Å². The number of anilines is 1. The molecule has 1 aliphatic rings. The van der Waals surface area contributed by atoms with E-state index >= 15 is 0 Å². The van der Waals surface area contributed by atoms with Crippen molar-refractivity contribution in [2.24, 2.45) is 10.7 Å². The first-order valence-electron chi connectivity index (χ1n) is 8.03. The second kappa shape index (κ2) is 8.24. The fourth-order valence-electron chi connectivity index (χ4n) is 2.94. The molecule has 0 fully saturated rings. The fourth-order valence-corrected chi connectivity index (χ4v) is 3.18. The van der Waals surface area contributed by atoms with Crippen LogP contribution < -0.4 is 11.1 Å². The zero-order valence-electron chi connectivity index (χ0n) is 15.1. The summed E-state index contributed by atoms with van der Waals surface area (Å²) in [5.74, 6) is -1.52. The van der Waals surface area contributed by atoms with Crippen LogP contribution in [0, 0.1) is 5.82 Å². The van der Waals surface area contributed by atoms with Crippen LogP contribution in [0.2, 0.25) is 0 Å². The third-order valence-electron chi connectivity index (χ3n) is 4.24. The first-order chi connectivity index (χ1) is 12.7. The number of aliphatic imine (C=N–C) groups is 1. The van der Waals surface area contributed by atoms with Crippen LogP contribution in [0.3, 0.4) is 0 Å². The van der Waals surface area contributed by atoms with Crippen molar-refractivity contribution in [1.82, 2.24) is 9.88 Å². The second-order valence-electron chi connectivity index (χ2n) is 6.44. The molecule has 1 unspecified atom stereocenters. The molecule has 3 rings (SSSR count). The largest absolute Gasteiger partial charge is 0.379 e. The maximum Gasteiger partial charge on any atom is 0.288 e. The normalized spacial score (nSPS) is 18.9. The monoisotopic (exact) mass is 469 g/mol. The van der Waals surface area contributed by atoms with Crippen LogP contribution in [0.4, 0.5) is 10.1 Å². The Morgan fingerprint density at radius 3 is 2.68 bits per heavy atom. The van der Waals surface area contributed by atoms with Crippen LogP contribution in [0.15, 0.2) is 46.0 Å². The number of aromatic nitrogens is 1. The summed E-state index contributed by atoms with van der Waals surface area (Å²) in [5.41, 5.74) is 5.47. The van der Waals surface area contributed by atoms with Gasteiger partial charge < -0.3 is 16.0 Å². The Morgan fingerprint density at radius 1 is 1.36 bits per heavy atom. The number of rotatable bonds is 3. The molecule has 1 atom stereocenters. The van der Waals surface area contributed by atoms with Gasteiger partial charge in [0.15, 0.2) is 5.84 Å². The number of nitrogens with one attached hydrogen (secondary N) is 1. The quantitative estimate of drug-likeness (QED) is 0.720. The molecule has 0 saturated carbocycles. The molecule has 0 bridgehead atoms. The van der Waals surface area contributed by atoms with Crippen LogP contribution in [0.5, 0.6) is 0 Å². The zero-order valence-corrected chi connectivity index (χ0v) is 17.5. The summed E-state index contributed by atoms with van der Waals surface area (Å²) in [5, 5.41) is 2.69. The highest BCUT2D eigenvalue weighted by molar-refractivity contribution is 9.10. The SMILES string of the molecule is CN1CC(C)(c2cc(NC(=O)c3ccc(Br)cn3)ccc2F)N=C(N)C1=O.Cl. The average molecular weight is 471 g/mol. The number of carbonyl (C=O) groups excluding carboxylic acids is 2. The first-order valence-corrected chi connectivity index (χ1v) is 8.82. The molecule has 1 aromatic carbocycles. The van der Waals surface area contributed by atoms with E-state index in [2.05, 4.69) is 31.2 Å². The lowest BCUT2D eigenvalue weighted by Gasteiger charge is -2.35. The predicted molar refractivity (Wildman–Crippen MR) is 110 cm³/mol. The molecule has 1 aromatic heterocycles. The highest BCUT2D eigenvalue weighted by atomic mass is 79.9. The highest BCUT2D eigenvalue weighted by Crippen LogP contribution is 2.33. The molecule has 148 valence electrons. The number of hydrogen-bond acceptors (Lipinski definition) is 5. The Morgan fingerprint density at radius 2 is 2.07 bits per heavy atom. The van der Waals surface area contributed by atoms with Gasteiger partial charge in [-0.05, 0) is 53.2 Å². The van der Waals surface area contributed by atoms with Gasteiger partial charge in [-0.15, -0.1) is 12.4 Å². The fraction of sp³-hybridized carbons (Fsp3) is 0.222. The molecular formula is C18H18BrClFN5O2. The lowest BCUT2D eigenvalue weighted by Crippen LogP contribution is -2.50. The molecular weight excluding hydrogens is 453 g/mol.